The fourth-order valence-electron chi connectivity index (χ4n) is 1.66. The second kappa shape index (κ2) is 6.54. The van der Waals surface area contributed by atoms with E-state index in [-0.39, 0.29) is 5.91 Å². The number of nitrogens with one attached hydrogen (secondary N) is 1. The monoisotopic (exact) mass is 295 g/mol. The molecule has 0 atom stereocenters. The number of hydrogen-bond acceptors (Lipinski definition) is 4. The van der Waals surface area contributed by atoms with Gasteiger partial charge in [0.05, 0.1) is 12.1 Å². The van der Waals surface area contributed by atoms with Crippen LogP contribution >= 0.6 is 22.9 Å². The summed E-state index contributed by atoms with van der Waals surface area (Å²) < 4.78 is 0. The van der Waals surface area contributed by atoms with E-state index in [0.29, 0.717) is 29.5 Å². The highest BCUT2D eigenvalue weighted by Gasteiger charge is 2.04. The van der Waals surface area contributed by atoms with Gasteiger partial charge in [-0.05, 0) is 17.7 Å². The van der Waals surface area contributed by atoms with Crippen LogP contribution in [0.15, 0.2) is 29.6 Å². The van der Waals surface area contributed by atoms with Crippen molar-refractivity contribution in [2.45, 2.75) is 12.8 Å². The Morgan fingerprint density at radius 3 is 3.00 bits per heavy atom. The molecule has 4 nitrogen and oxygen atoms in total. The van der Waals surface area contributed by atoms with Gasteiger partial charge in [-0.1, -0.05) is 23.7 Å². The third-order valence-electron chi connectivity index (χ3n) is 2.53. The molecule has 0 aliphatic carbocycles. The molecule has 0 saturated carbocycles. The maximum Gasteiger partial charge on any atom is 0.224 e. The van der Waals surface area contributed by atoms with Gasteiger partial charge in [0.15, 0.2) is 5.13 Å². The van der Waals surface area contributed by atoms with Crippen molar-refractivity contribution in [2.75, 3.05) is 12.3 Å². The van der Waals surface area contributed by atoms with Gasteiger partial charge in [0.1, 0.15) is 0 Å². The Morgan fingerprint density at radius 2 is 2.32 bits per heavy atom. The minimum Gasteiger partial charge on any atom is -0.375 e. The number of nitrogens with two attached hydrogens (primary N) is 1. The third kappa shape index (κ3) is 4.54. The first-order chi connectivity index (χ1) is 9.13. The Labute approximate surface area is 120 Å². The van der Waals surface area contributed by atoms with Gasteiger partial charge in [-0.3, -0.25) is 4.79 Å². The molecule has 3 N–H and O–H groups in total. The number of thiazole rings is 1. The summed E-state index contributed by atoms with van der Waals surface area (Å²) in [6.45, 7) is 0.558. The molecule has 0 spiro atoms. The number of halogens is 1. The molecule has 0 aliphatic heterocycles. The van der Waals surface area contributed by atoms with Gasteiger partial charge in [-0.2, -0.15) is 0 Å². The molecule has 2 rings (SSSR count). The van der Waals surface area contributed by atoms with Crippen molar-refractivity contribution in [3.05, 3.63) is 45.9 Å². The predicted octanol–water partition coefficient (Wildman–Crippen LogP) is 2.28. The van der Waals surface area contributed by atoms with Gasteiger partial charge < -0.3 is 11.1 Å². The van der Waals surface area contributed by atoms with Gasteiger partial charge in [0.25, 0.3) is 0 Å². The SMILES string of the molecule is Nc1nc(CCNC(=O)Cc2cccc(Cl)c2)cs1. The Balaban J connectivity index is 1.76. The summed E-state index contributed by atoms with van der Waals surface area (Å²) in [7, 11) is 0. The molecule has 100 valence electrons. The maximum atomic E-state index is 11.7. The van der Waals surface area contributed by atoms with Crippen LogP contribution in [0.3, 0.4) is 0 Å². The minimum absolute atomic E-state index is 0.0227. The van der Waals surface area contributed by atoms with Crippen molar-refractivity contribution < 1.29 is 4.79 Å². The smallest absolute Gasteiger partial charge is 0.224 e. The number of hydrogen-bond donors (Lipinski definition) is 2. The molecule has 1 aromatic heterocycles. The van der Waals surface area contributed by atoms with Gasteiger partial charge in [-0.25, -0.2) is 4.98 Å². The first-order valence-corrected chi connectivity index (χ1v) is 7.10. The first kappa shape index (κ1) is 13.8. The van der Waals surface area contributed by atoms with Crippen LogP contribution in [0.5, 0.6) is 0 Å². The van der Waals surface area contributed by atoms with Crippen molar-refractivity contribution in [1.82, 2.24) is 10.3 Å². The van der Waals surface area contributed by atoms with Gasteiger partial charge >= 0.3 is 0 Å². The Kier molecular flexibility index (Phi) is 4.76. The predicted molar refractivity (Wildman–Crippen MR) is 78.4 cm³/mol. The summed E-state index contributed by atoms with van der Waals surface area (Å²) in [6.07, 6.45) is 1.02. The molecular formula is C13H14ClN3OS. The molecular weight excluding hydrogens is 282 g/mol. The number of nitrogen functional groups attached to an aromatic ring is 1. The van der Waals surface area contributed by atoms with E-state index < -0.39 is 0 Å². The lowest BCUT2D eigenvalue weighted by Gasteiger charge is -2.04. The number of anilines is 1. The molecule has 6 heteroatoms. The van der Waals surface area contributed by atoms with Crippen LogP contribution in [-0.2, 0) is 17.6 Å². The van der Waals surface area contributed by atoms with Crippen LogP contribution in [0.1, 0.15) is 11.3 Å². The summed E-state index contributed by atoms with van der Waals surface area (Å²) in [6, 6.07) is 7.30. The number of carbonyl (C=O) groups excluding carboxylic acids is 1. The average molecular weight is 296 g/mol. The normalized spacial score (nSPS) is 10.4. The third-order valence-corrected chi connectivity index (χ3v) is 3.48. The molecule has 0 radical (unpaired) electrons. The van der Waals surface area contributed by atoms with Crippen LogP contribution in [0, 0.1) is 0 Å². The molecule has 0 fully saturated rings. The van der Waals surface area contributed by atoms with Crippen molar-refractivity contribution in [3.63, 3.8) is 0 Å². The quantitative estimate of drug-likeness (QED) is 0.889. The number of rotatable bonds is 5. The number of nitrogens with zero attached hydrogens (tertiary/aromatic N) is 1. The summed E-state index contributed by atoms with van der Waals surface area (Å²) in [5, 5.41) is 5.95. The Morgan fingerprint density at radius 1 is 1.47 bits per heavy atom. The van der Waals surface area contributed by atoms with Crippen LogP contribution in [0.25, 0.3) is 0 Å². The molecule has 1 aromatic carbocycles. The molecule has 1 amide bonds. The van der Waals surface area contributed by atoms with Crippen LogP contribution in [0.2, 0.25) is 5.02 Å². The molecule has 0 unspecified atom stereocenters. The van der Waals surface area contributed by atoms with E-state index >= 15 is 0 Å². The van der Waals surface area contributed by atoms with E-state index in [4.69, 9.17) is 17.3 Å². The topological polar surface area (TPSA) is 68.0 Å². The fourth-order valence-corrected chi connectivity index (χ4v) is 2.47. The average Bonchev–Trinajstić information content (AvgIpc) is 2.75. The molecule has 19 heavy (non-hydrogen) atoms. The van der Waals surface area contributed by atoms with Crippen LogP contribution in [-0.4, -0.2) is 17.4 Å². The van der Waals surface area contributed by atoms with Gasteiger partial charge in [0.2, 0.25) is 5.91 Å². The van der Waals surface area contributed by atoms with Crippen LogP contribution < -0.4 is 11.1 Å². The number of amides is 1. The molecule has 1 heterocycles. The zero-order chi connectivity index (χ0) is 13.7. The fraction of sp³-hybridized carbons (Fsp3) is 0.231. The van der Waals surface area contributed by atoms with Crippen molar-refractivity contribution in [3.8, 4) is 0 Å². The summed E-state index contributed by atoms with van der Waals surface area (Å²) in [5.74, 6) is -0.0227. The second-order valence-corrected chi connectivity index (χ2v) is 5.41. The first-order valence-electron chi connectivity index (χ1n) is 5.84. The van der Waals surface area contributed by atoms with Crippen LogP contribution in [0.4, 0.5) is 5.13 Å². The van der Waals surface area contributed by atoms with Crippen molar-refractivity contribution >= 4 is 34.0 Å². The van der Waals surface area contributed by atoms with Crippen molar-refractivity contribution in [2.24, 2.45) is 0 Å². The van der Waals surface area contributed by atoms with Crippen molar-refractivity contribution in [1.29, 1.82) is 0 Å². The van der Waals surface area contributed by atoms with E-state index in [1.54, 1.807) is 12.1 Å². The highest BCUT2D eigenvalue weighted by molar-refractivity contribution is 7.13. The maximum absolute atomic E-state index is 11.7. The van der Waals surface area contributed by atoms with E-state index in [0.717, 1.165) is 11.3 Å². The summed E-state index contributed by atoms with van der Waals surface area (Å²) >= 11 is 7.27. The summed E-state index contributed by atoms with van der Waals surface area (Å²) in [5.41, 5.74) is 7.35. The van der Waals surface area contributed by atoms with E-state index in [1.807, 2.05) is 17.5 Å². The van der Waals surface area contributed by atoms with Gasteiger partial charge in [0, 0.05) is 23.4 Å². The second-order valence-electron chi connectivity index (χ2n) is 4.08. The van der Waals surface area contributed by atoms with E-state index in [1.165, 1.54) is 11.3 Å². The standard InChI is InChI=1S/C13H14ClN3OS/c14-10-3-1-2-9(6-10)7-12(18)16-5-4-11-8-19-13(15)17-11/h1-3,6,8H,4-5,7H2,(H2,15,17)(H,16,18). The molecule has 0 bridgehead atoms. The minimum atomic E-state index is -0.0227. The molecule has 0 saturated heterocycles. The zero-order valence-corrected chi connectivity index (χ0v) is 11.8. The highest BCUT2D eigenvalue weighted by atomic mass is 35.5. The van der Waals surface area contributed by atoms with E-state index in [9.17, 15) is 4.79 Å². The van der Waals surface area contributed by atoms with E-state index in [2.05, 4.69) is 10.3 Å². The lowest BCUT2D eigenvalue weighted by molar-refractivity contribution is -0.120. The Bertz CT molecular complexity index is 571. The summed E-state index contributed by atoms with van der Waals surface area (Å²) in [4.78, 5) is 15.9. The Hall–Kier alpha value is -1.59. The molecule has 0 aliphatic rings. The number of benzene rings is 1. The lowest BCUT2D eigenvalue weighted by atomic mass is 10.1. The lowest BCUT2D eigenvalue weighted by Crippen LogP contribution is -2.27. The number of aromatic nitrogens is 1. The molecule has 2 aromatic rings. The zero-order valence-electron chi connectivity index (χ0n) is 10.2. The largest absolute Gasteiger partial charge is 0.375 e. The number of carbonyl (C=O) groups is 1. The highest BCUT2D eigenvalue weighted by Crippen LogP contribution is 2.12. The van der Waals surface area contributed by atoms with Gasteiger partial charge in [-0.15, -0.1) is 11.3 Å².